The van der Waals surface area contributed by atoms with Gasteiger partial charge < -0.3 is 9.80 Å². The molecule has 27 heavy (non-hydrogen) atoms. The smallest absolute Gasteiger partial charge is 0.320 e. The molecule has 9 heteroatoms. The number of nitrogens with zero attached hydrogens (tertiary/aromatic N) is 4. The molecule has 2 atom stereocenters. The molecule has 2 aliphatic rings. The predicted molar refractivity (Wildman–Crippen MR) is 98.2 cm³/mol. The van der Waals surface area contributed by atoms with Gasteiger partial charge in [0.05, 0.1) is 22.4 Å². The molecule has 2 saturated heterocycles. The number of hydrogen-bond donors (Lipinski definition) is 0. The van der Waals surface area contributed by atoms with Gasteiger partial charge in [0, 0.05) is 19.2 Å². The maximum absolute atomic E-state index is 13.6. The van der Waals surface area contributed by atoms with Crippen molar-refractivity contribution in [3.63, 3.8) is 0 Å². The van der Waals surface area contributed by atoms with Crippen LogP contribution in [0.25, 0.3) is 11.0 Å². The summed E-state index contributed by atoms with van der Waals surface area (Å²) in [7, 11) is 1.57. The van der Waals surface area contributed by atoms with Crippen LogP contribution < -0.4 is 0 Å². The Labute approximate surface area is 159 Å². The van der Waals surface area contributed by atoms with E-state index in [-0.39, 0.29) is 29.1 Å². The lowest BCUT2D eigenvalue weighted by molar-refractivity contribution is -0.143. The molecule has 1 aromatic heterocycles. The quantitative estimate of drug-likeness (QED) is 0.800. The summed E-state index contributed by atoms with van der Waals surface area (Å²) < 4.78 is 28.0. The number of carbonyl (C=O) groups is 2. The summed E-state index contributed by atoms with van der Waals surface area (Å²) in [6, 6.07) is 6.11. The number of likely N-dealkylation sites (N-methyl/N-ethyl adjacent to an activating group) is 1. The average molecular weight is 394 g/mol. The van der Waals surface area contributed by atoms with Gasteiger partial charge in [-0.1, -0.05) is 12.1 Å². The van der Waals surface area contributed by atoms with Crippen molar-refractivity contribution in [2.24, 2.45) is 0 Å². The molecule has 3 heterocycles. The van der Waals surface area contributed by atoms with E-state index in [1.165, 1.54) is 4.90 Å². The highest BCUT2D eigenvalue weighted by atomic mass is 32.2. The van der Waals surface area contributed by atoms with E-state index in [1.807, 2.05) is 6.92 Å². The fourth-order valence-electron chi connectivity index (χ4n) is 3.97. The molecule has 0 unspecified atom stereocenters. The van der Waals surface area contributed by atoms with Gasteiger partial charge in [-0.2, -0.15) is 8.78 Å². The Morgan fingerprint density at radius 2 is 2.19 bits per heavy atom. The molecular weight excluding hydrogens is 374 g/mol. The zero-order valence-electron chi connectivity index (χ0n) is 15.1. The first kappa shape index (κ1) is 18.2. The zero-order chi connectivity index (χ0) is 19.3. The monoisotopic (exact) mass is 394 g/mol. The van der Waals surface area contributed by atoms with E-state index in [4.69, 9.17) is 0 Å². The molecule has 0 spiro atoms. The lowest BCUT2D eigenvalue weighted by atomic mass is 10.2. The highest BCUT2D eigenvalue weighted by molar-refractivity contribution is 8.01. The second-order valence-electron chi connectivity index (χ2n) is 7.12. The summed E-state index contributed by atoms with van der Waals surface area (Å²) in [4.78, 5) is 32.2. The van der Waals surface area contributed by atoms with Crippen LogP contribution in [0.5, 0.6) is 0 Å². The minimum absolute atomic E-state index is 0.0194. The average Bonchev–Trinajstić information content (AvgIpc) is 3.25. The van der Waals surface area contributed by atoms with E-state index in [9.17, 15) is 18.4 Å². The molecular formula is C18H20F2N4O2S. The van der Waals surface area contributed by atoms with Gasteiger partial charge in [0.25, 0.3) is 0 Å². The molecule has 6 nitrogen and oxygen atoms in total. The fourth-order valence-corrected chi connectivity index (χ4v) is 5.39. The van der Waals surface area contributed by atoms with E-state index >= 15 is 0 Å². The van der Waals surface area contributed by atoms with Gasteiger partial charge in [0.1, 0.15) is 11.9 Å². The third kappa shape index (κ3) is 2.88. The Bertz CT molecular complexity index is 918. The Hall–Kier alpha value is -2.16. The normalized spacial score (nSPS) is 24.9. The van der Waals surface area contributed by atoms with Crippen molar-refractivity contribution in [3.8, 4) is 0 Å². The number of aromatic nitrogens is 2. The van der Waals surface area contributed by atoms with Crippen LogP contribution in [0.4, 0.5) is 8.78 Å². The number of alkyl halides is 2. The van der Waals surface area contributed by atoms with Crippen molar-refractivity contribution >= 4 is 34.6 Å². The van der Waals surface area contributed by atoms with E-state index < -0.39 is 12.6 Å². The van der Waals surface area contributed by atoms with Crippen LogP contribution in [0.2, 0.25) is 0 Å². The SMILES string of the molecule is CN(Cc1nc2ccccc2n1C(F)F)C(=O)[C@H]1CS[C@]2(C)CCC(=O)N12. The second kappa shape index (κ2) is 6.47. The topological polar surface area (TPSA) is 58.4 Å². The number of carbonyl (C=O) groups excluding carboxylic acids is 2. The minimum atomic E-state index is -2.75. The number of fused-ring (bicyclic) bond motifs is 2. The number of hydrogen-bond acceptors (Lipinski definition) is 4. The van der Waals surface area contributed by atoms with Crippen LogP contribution in [0.15, 0.2) is 24.3 Å². The maximum atomic E-state index is 13.6. The predicted octanol–water partition coefficient (Wildman–Crippen LogP) is 2.84. The van der Waals surface area contributed by atoms with Gasteiger partial charge in [-0.25, -0.2) is 4.98 Å². The van der Waals surface area contributed by atoms with Crippen LogP contribution in [0.1, 0.15) is 32.1 Å². The Kier molecular flexibility index (Phi) is 4.37. The largest absolute Gasteiger partial charge is 0.336 e. The van der Waals surface area contributed by atoms with Crippen LogP contribution >= 0.6 is 11.8 Å². The summed E-state index contributed by atoms with van der Waals surface area (Å²) in [6.45, 7) is -0.814. The Morgan fingerprint density at radius 3 is 2.93 bits per heavy atom. The van der Waals surface area contributed by atoms with Crippen LogP contribution in [0.3, 0.4) is 0 Å². The van der Waals surface area contributed by atoms with E-state index in [0.29, 0.717) is 23.2 Å². The molecule has 2 fully saturated rings. The lowest BCUT2D eigenvalue weighted by Crippen LogP contribution is -2.50. The number of rotatable bonds is 4. The molecule has 2 aliphatic heterocycles. The fraction of sp³-hybridized carbons (Fsp3) is 0.500. The molecule has 0 radical (unpaired) electrons. The highest BCUT2D eigenvalue weighted by Crippen LogP contribution is 2.47. The van der Waals surface area contributed by atoms with Crippen molar-refractivity contribution in [3.05, 3.63) is 30.1 Å². The molecule has 0 bridgehead atoms. The number of halogens is 2. The summed E-state index contributed by atoms with van der Waals surface area (Å²) >= 11 is 1.61. The molecule has 4 rings (SSSR count). The van der Waals surface area contributed by atoms with Crippen LogP contribution in [-0.4, -0.2) is 54.9 Å². The van der Waals surface area contributed by atoms with E-state index in [0.717, 1.165) is 11.0 Å². The van der Waals surface area contributed by atoms with Crippen molar-refractivity contribution in [1.29, 1.82) is 0 Å². The minimum Gasteiger partial charge on any atom is -0.336 e. The van der Waals surface area contributed by atoms with Gasteiger partial charge in [0.2, 0.25) is 11.8 Å². The molecule has 144 valence electrons. The van der Waals surface area contributed by atoms with E-state index in [1.54, 1.807) is 48.0 Å². The number of para-hydroxylation sites is 2. The third-order valence-corrected chi connectivity index (χ3v) is 6.85. The van der Waals surface area contributed by atoms with Crippen molar-refractivity contribution in [1.82, 2.24) is 19.4 Å². The summed E-state index contributed by atoms with van der Waals surface area (Å²) in [6.07, 6.45) is 1.17. The standard InChI is InChI=1S/C18H20F2N4O2S/c1-18-8-7-15(25)24(18)13(10-27-18)16(26)22(2)9-14-21-11-5-3-4-6-12(11)23(14)17(19)20/h3-6,13,17H,7-10H2,1-2H3/t13-,18-/m1/s1. The van der Waals surface area contributed by atoms with Crippen LogP contribution in [-0.2, 0) is 16.1 Å². The molecule has 0 N–H and O–H groups in total. The van der Waals surface area contributed by atoms with Gasteiger partial charge in [-0.05, 0) is 25.5 Å². The summed E-state index contributed by atoms with van der Waals surface area (Å²) in [5, 5.41) is 0. The second-order valence-corrected chi connectivity index (χ2v) is 8.63. The lowest BCUT2D eigenvalue weighted by Gasteiger charge is -2.31. The van der Waals surface area contributed by atoms with Crippen molar-refractivity contribution < 1.29 is 18.4 Å². The summed E-state index contributed by atoms with van der Waals surface area (Å²) in [5.41, 5.74) is 0.800. The summed E-state index contributed by atoms with van der Waals surface area (Å²) in [5.74, 6) is 0.392. The molecule has 2 amide bonds. The van der Waals surface area contributed by atoms with Gasteiger partial charge in [0.15, 0.2) is 0 Å². The van der Waals surface area contributed by atoms with Gasteiger partial charge >= 0.3 is 6.55 Å². The zero-order valence-corrected chi connectivity index (χ0v) is 15.9. The first-order chi connectivity index (χ1) is 12.8. The third-order valence-electron chi connectivity index (χ3n) is 5.35. The molecule has 1 aromatic carbocycles. The number of imidazole rings is 1. The molecule has 0 aliphatic carbocycles. The first-order valence-corrected chi connectivity index (χ1v) is 9.75. The maximum Gasteiger partial charge on any atom is 0.320 e. The van der Waals surface area contributed by atoms with Gasteiger partial charge in [-0.15, -0.1) is 11.8 Å². The van der Waals surface area contributed by atoms with Crippen LogP contribution in [0, 0.1) is 0 Å². The number of amides is 2. The van der Waals surface area contributed by atoms with Crippen molar-refractivity contribution in [2.45, 2.75) is 43.8 Å². The Balaban J connectivity index is 1.59. The molecule has 0 saturated carbocycles. The molecule has 2 aromatic rings. The number of benzene rings is 1. The number of thioether (sulfide) groups is 1. The van der Waals surface area contributed by atoms with Crippen molar-refractivity contribution in [2.75, 3.05) is 12.8 Å². The first-order valence-electron chi connectivity index (χ1n) is 8.77. The van der Waals surface area contributed by atoms with Gasteiger partial charge in [-0.3, -0.25) is 14.2 Å². The van der Waals surface area contributed by atoms with E-state index in [2.05, 4.69) is 4.98 Å². The Morgan fingerprint density at radius 1 is 1.44 bits per heavy atom. The highest BCUT2D eigenvalue weighted by Gasteiger charge is 2.53.